The SMILES string of the molecule is O=C1NCc2c(Cl)c(Cl)cc(-c3cc4cc(CN5CCCCC5)ccc4[nH]3)c21. The number of nitrogens with one attached hydrogen (secondary N) is 2. The second kappa shape index (κ2) is 7.11. The molecule has 6 heteroatoms. The van der Waals surface area contributed by atoms with Crippen LogP contribution in [0.4, 0.5) is 0 Å². The van der Waals surface area contributed by atoms with E-state index < -0.39 is 0 Å². The Balaban J connectivity index is 1.53. The van der Waals surface area contributed by atoms with E-state index in [4.69, 9.17) is 23.2 Å². The number of carbonyl (C=O) groups is 1. The van der Waals surface area contributed by atoms with Crippen LogP contribution in [-0.2, 0) is 13.1 Å². The fourth-order valence-electron chi connectivity index (χ4n) is 4.37. The van der Waals surface area contributed by atoms with Gasteiger partial charge in [0.05, 0.1) is 15.6 Å². The summed E-state index contributed by atoms with van der Waals surface area (Å²) in [5, 5.41) is 4.92. The van der Waals surface area contributed by atoms with E-state index in [0.29, 0.717) is 22.2 Å². The molecule has 0 bridgehead atoms. The first-order chi connectivity index (χ1) is 13.6. The van der Waals surface area contributed by atoms with Gasteiger partial charge in [0.2, 0.25) is 0 Å². The Morgan fingerprint density at radius 2 is 1.86 bits per heavy atom. The Labute approximate surface area is 173 Å². The van der Waals surface area contributed by atoms with Crippen LogP contribution in [0, 0.1) is 0 Å². The van der Waals surface area contributed by atoms with Crippen LogP contribution in [-0.4, -0.2) is 28.9 Å². The maximum atomic E-state index is 12.4. The van der Waals surface area contributed by atoms with Crippen molar-refractivity contribution >= 4 is 40.0 Å². The normalized spacial score (nSPS) is 17.1. The number of halogens is 2. The van der Waals surface area contributed by atoms with Crippen molar-refractivity contribution in [1.82, 2.24) is 15.2 Å². The minimum atomic E-state index is -0.104. The standard InChI is InChI=1S/C22H21Cl2N3O/c23-17-10-15(20-16(21(17)24)11-25-22(20)28)19-9-14-8-13(4-5-18(14)26-19)12-27-6-2-1-3-7-27/h4-5,8-10,26H,1-3,6-7,11-12H2,(H,25,28). The van der Waals surface area contributed by atoms with Gasteiger partial charge in [-0.2, -0.15) is 0 Å². The van der Waals surface area contributed by atoms with Gasteiger partial charge in [-0.1, -0.05) is 35.7 Å². The smallest absolute Gasteiger partial charge is 0.252 e. The molecule has 3 heterocycles. The van der Waals surface area contributed by atoms with E-state index in [-0.39, 0.29) is 5.91 Å². The van der Waals surface area contributed by atoms with Gasteiger partial charge < -0.3 is 10.3 Å². The van der Waals surface area contributed by atoms with E-state index >= 15 is 0 Å². The Morgan fingerprint density at radius 3 is 2.68 bits per heavy atom. The fraction of sp³-hybridized carbons (Fsp3) is 0.318. The Hall–Kier alpha value is -2.01. The van der Waals surface area contributed by atoms with Crippen LogP contribution in [0.15, 0.2) is 30.3 Å². The average Bonchev–Trinajstić information content (AvgIpc) is 3.29. The van der Waals surface area contributed by atoms with Gasteiger partial charge in [-0.25, -0.2) is 0 Å². The van der Waals surface area contributed by atoms with E-state index in [0.717, 1.165) is 34.3 Å². The number of benzene rings is 2. The second-order valence-electron chi connectivity index (χ2n) is 7.70. The van der Waals surface area contributed by atoms with Gasteiger partial charge >= 0.3 is 0 Å². The number of aromatic nitrogens is 1. The highest BCUT2D eigenvalue weighted by Crippen LogP contribution is 2.39. The highest BCUT2D eigenvalue weighted by Gasteiger charge is 2.28. The molecule has 2 N–H and O–H groups in total. The number of hydrogen-bond donors (Lipinski definition) is 2. The summed E-state index contributed by atoms with van der Waals surface area (Å²) in [6, 6.07) is 10.4. The summed E-state index contributed by atoms with van der Waals surface area (Å²) in [6.07, 6.45) is 3.93. The van der Waals surface area contributed by atoms with Crippen LogP contribution in [0.2, 0.25) is 10.0 Å². The predicted octanol–water partition coefficient (Wildman–Crippen LogP) is 5.37. The minimum absolute atomic E-state index is 0.104. The highest BCUT2D eigenvalue weighted by molar-refractivity contribution is 6.43. The number of likely N-dealkylation sites (tertiary alicyclic amines) is 1. The molecule has 1 aromatic heterocycles. The van der Waals surface area contributed by atoms with Crippen molar-refractivity contribution < 1.29 is 4.79 Å². The number of rotatable bonds is 3. The van der Waals surface area contributed by atoms with Crippen molar-refractivity contribution in [1.29, 1.82) is 0 Å². The molecule has 5 rings (SSSR count). The van der Waals surface area contributed by atoms with Crippen molar-refractivity contribution in [2.45, 2.75) is 32.4 Å². The lowest BCUT2D eigenvalue weighted by Crippen LogP contribution is -2.28. The van der Waals surface area contributed by atoms with E-state index in [1.165, 1.54) is 37.9 Å². The van der Waals surface area contributed by atoms with Gasteiger partial charge in [-0.15, -0.1) is 0 Å². The van der Waals surface area contributed by atoms with E-state index in [1.807, 2.05) is 0 Å². The van der Waals surface area contributed by atoms with Crippen molar-refractivity contribution in [2.75, 3.05) is 13.1 Å². The lowest BCUT2D eigenvalue weighted by Gasteiger charge is -2.26. The van der Waals surface area contributed by atoms with E-state index in [1.54, 1.807) is 6.07 Å². The van der Waals surface area contributed by atoms with Gasteiger partial charge in [0.25, 0.3) is 5.91 Å². The topological polar surface area (TPSA) is 48.1 Å². The number of hydrogen-bond acceptors (Lipinski definition) is 2. The average molecular weight is 414 g/mol. The number of amides is 1. The number of H-pyrrole nitrogens is 1. The summed E-state index contributed by atoms with van der Waals surface area (Å²) >= 11 is 12.7. The van der Waals surface area contributed by atoms with Crippen molar-refractivity contribution in [3.05, 3.63) is 57.1 Å². The van der Waals surface area contributed by atoms with Crippen molar-refractivity contribution in [2.24, 2.45) is 0 Å². The number of carbonyl (C=O) groups excluding carboxylic acids is 1. The first-order valence-electron chi connectivity index (χ1n) is 9.73. The first-order valence-corrected chi connectivity index (χ1v) is 10.5. The molecule has 0 aliphatic carbocycles. The number of nitrogens with zero attached hydrogens (tertiary/aromatic N) is 1. The molecule has 0 saturated carbocycles. The van der Waals surface area contributed by atoms with Crippen LogP contribution in [0.25, 0.3) is 22.2 Å². The van der Waals surface area contributed by atoms with Crippen LogP contribution < -0.4 is 5.32 Å². The summed E-state index contributed by atoms with van der Waals surface area (Å²) in [5.74, 6) is -0.104. The predicted molar refractivity (Wildman–Crippen MR) is 114 cm³/mol. The molecule has 1 saturated heterocycles. The Bertz CT molecular complexity index is 1080. The molecular weight excluding hydrogens is 393 g/mol. The molecule has 1 fully saturated rings. The Morgan fingerprint density at radius 1 is 1.04 bits per heavy atom. The maximum Gasteiger partial charge on any atom is 0.252 e. The molecule has 3 aromatic rings. The molecule has 2 aromatic carbocycles. The molecule has 0 atom stereocenters. The molecule has 0 spiro atoms. The van der Waals surface area contributed by atoms with Crippen LogP contribution in [0.5, 0.6) is 0 Å². The lowest BCUT2D eigenvalue weighted by atomic mass is 10.00. The number of fused-ring (bicyclic) bond motifs is 2. The molecule has 144 valence electrons. The van der Waals surface area contributed by atoms with Crippen molar-refractivity contribution in [3.8, 4) is 11.3 Å². The largest absolute Gasteiger partial charge is 0.355 e. The van der Waals surface area contributed by atoms with Gasteiger partial charge in [0, 0.05) is 40.8 Å². The zero-order valence-electron chi connectivity index (χ0n) is 15.4. The third-order valence-corrected chi connectivity index (χ3v) is 6.63. The third-order valence-electron chi connectivity index (χ3n) is 5.80. The molecule has 2 aliphatic rings. The third kappa shape index (κ3) is 3.10. The maximum absolute atomic E-state index is 12.4. The van der Waals surface area contributed by atoms with Gasteiger partial charge in [-0.05, 0) is 55.8 Å². The lowest BCUT2D eigenvalue weighted by molar-refractivity contribution is 0.0966. The molecular formula is C22H21Cl2N3O. The van der Waals surface area contributed by atoms with Crippen LogP contribution >= 0.6 is 23.2 Å². The molecule has 28 heavy (non-hydrogen) atoms. The zero-order valence-corrected chi connectivity index (χ0v) is 17.0. The first kappa shape index (κ1) is 18.0. The molecule has 1 amide bonds. The highest BCUT2D eigenvalue weighted by atomic mass is 35.5. The molecule has 2 aliphatic heterocycles. The summed E-state index contributed by atoms with van der Waals surface area (Å²) < 4.78 is 0. The van der Waals surface area contributed by atoms with Gasteiger partial charge in [0.15, 0.2) is 0 Å². The van der Waals surface area contributed by atoms with E-state index in [2.05, 4.69) is 39.5 Å². The number of aromatic amines is 1. The van der Waals surface area contributed by atoms with Crippen LogP contribution in [0.1, 0.15) is 40.7 Å². The molecule has 0 unspecified atom stereocenters. The fourth-order valence-corrected chi connectivity index (χ4v) is 4.81. The van der Waals surface area contributed by atoms with Gasteiger partial charge in [0.1, 0.15) is 0 Å². The number of piperidine rings is 1. The zero-order chi connectivity index (χ0) is 19.3. The van der Waals surface area contributed by atoms with Gasteiger partial charge in [-0.3, -0.25) is 9.69 Å². The van der Waals surface area contributed by atoms with Crippen molar-refractivity contribution in [3.63, 3.8) is 0 Å². The summed E-state index contributed by atoms with van der Waals surface area (Å²) in [7, 11) is 0. The minimum Gasteiger partial charge on any atom is -0.355 e. The summed E-state index contributed by atoms with van der Waals surface area (Å²) in [5.41, 5.74) is 5.45. The molecule has 0 radical (unpaired) electrons. The monoisotopic (exact) mass is 413 g/mol. The molecule has 4 nitrogen and oxygen atoms in total. The second-order valence-corrected chi connectivity index (χ2v) is 8.48. The van der Waals surface area contributed by atoms with E-state index in [9.17, 15) is 4.79 Å². The summed E-state index contributed by atoms with van der Waals surface area (Å²) in [6.45, 7) is 3.77. The quantitative estimate of drug-likeness (QED) is 0.605. The summed E-state index contributed by atoms with van der Waals surface area (Å²) in [4.78, 5) is 18.3. The Kier molecular flexibility index (Phi) is 4.58. The van der Waals surface area contributed by atoms with Crippen LogP contribution in [0.3, 0.4) is 0 Å².